The number of urea groups is 1. The van der Waals surface area contributed by atoms with E-state index in [1.54, 1.807) is 43.3 Å². The van der Waals surface area contributed by atoms with Gasteiger partial charge in [0.15, 0.2) is 0 Å². The molecule has 0 aliphatic carbocycles. The first kappa shape index (κ1) is 17.8. The summed E-state index contributed by atoms with van der Waals surface area (Å²) in [6.45, 7) is 3.63. The molecule has 25 heavy (non-hydrogen) atoms. The molecule has 0 aliphatic rings. The quantitative estimate of drug-likeness (QED) is 0.860. The van der Waals surface area contributed by atoms with Crippen LogP contribution in [0.2, 0.25) is 0 Å². The zero-order chi connectivity index (χ0) is 18.2. The van der Waals surface area contributed by atoms with E-state index < -0.39 is 0 Å². The summed E-state index contributed by atoms with van der Waals surface area (Å²) in [6, 6.07) is 15.6. The normalized spacial score (nSPS) is 10.9. The molecule has 1 atom stereocenters. The average molecular weight is 334 g/mol. The SMILES string of the molecule is Cc1cc(Oc2ccc(C#N)cc2)ccc1NC(=O)N[C@H](C)CC#N. The van der Waals surface area contributed by atoms with Crippen molar-refractivity contribution in [1.29, 1.82) is 10.5 Å². The van der Waals surface area contributed by atoms with E-state index in [9.17, 15) is 4.79 Å². The third-order valence-corrected chi connectivity index (χ3v) is 3.44. The number of nitrogens with one attached hydrogen (secondary N) is 2. The minimum atomic E-state index is -0.355. The summed E-state index contributed by atoms with van der Waals surface area (Å²) in [7, 11) is 0. The second-order valence-electron chi connectivity index (χ2n) is 5.58. The first-order valence-corrected chi connectivity index (χ1v) is 7.75. The van der Waals surface area contributed by atoms with Crippen LogP contribution in [0.3, 0.4) is 0 Å². The Bertz CT molecular complexity index is 832. The number of anilines is 1. The van der Waals surface area contributed by atoms with Crippen LogP contribution in [0, 0.1) is 29.6 Å². The maximum absolute atomic E-state index is 11.9. The fourth-order valence-corrected chi connectivity index (χ4v) is 2.14. The van der Waals surface area contributed by atoms with Crippen molar-refractivity contribution in [2.24, 2.45) is 0 Å². The number of hydrogen-bond donors (Lipinski definition) is 2. The van der Waals surface area contributed by atoms with E-state index in [0.717, 1.165) is 5.56 Å². The van der Waals surface area contributed by atoms with Crippen LogP contribution in [0.4, 0.5) is 10.5 Å². The van der Waals surface area contributed by atoms with Gasteiger partial charge in [-0.15, -0.1) is 0 Å². The van der Waals surface area contributed by atoms with Gasteiger partial charge in [-0.1, -0.05) is 0 Å². The van der Waals surface area contributed by atoms with E-state index in [0.29, 0.717) is 22.7 Å². The monoisotopic (exact) mass is 334 g/mol. The average Bonchev–Trinajstić information content (AvgIpc) is 2.58. The lowest BCUT2D eigenvalue weighted by Crippen LogP contribution is -2.35. The van der Waals surface area contributed by atoms with Crippen molar-refractivity contribution in [2.45, 2.75) is 26.3 Å². The van der Waals surface area contributed by atoms with Gasteiger partial charge in [0.2, 0.25) is 0 Å². The lowest BCUT2D eigenvalue weighted by atomic mass is 10.2. The van der Waals surface area contributed by atoms with E-state index in [2.05, 4.69) is 16.7 Å². The molecule has 2 amide bonds. The molecule has 0 saturated heterocycles. The standard InChI is InChI=1S/C19H18N4O2/c1-13-11-17(25-16-5-3-15(12-21)4-6-16)7-8-18(13)23-19(24)22-14(2)9-10-20/h3-8,11,14H,9H2,1-2H3,(H2,22,23,24)/t14-/m1/s1. The Kier molecular flexibility index (Phi) is 5.97. The first-order chi connectivity index (χ1) is 12.0. The van der Waals surface area contributed by atoms with Gasteiger partial charge in [0, 0.05) is 11.7 Å². The Morgan fingerprint density at radius 2 is 1.84 bits per heavy atom. The van der Waals surface area contributed by atoms with Gasteiger partial charge in [0.1, 0.15) is 11.5 Å². The van der Waals surface area contributed by atoms with Gasteiger partial charge in [0.25, 0.3) is 0 Å². The zero-order valence-corrected chi connectivity index (χ0v) is 14.0. The van der Waals surface area contributed by atoms with Crippen LogP contribution in [0.15, 0.2) is 42.5 Å². The third kappa shape index (κ3) is 5.26. The van der Waals surface area contributed by atoms with E-state index >= 15 is 0 Å². The third-order valence-electron chi connectivity index (χ3n) is 3.44. The smallest absolute Gasteiger partial charge is 0.319 e. The molecule has 0 bridgehead atoms. The molecule has 0 fully saturated rings. The van der Waals surface area contributed by atoms with Gasteiger partial charge in [-0.3, -0.25) is 0 Å². The maximum Gasteiger partial charge on any atom is 0.319 e. The van der Waals surface area contributed by atoms with Gasteiger partial charge in [-0.05, 0) is 61.9 Å². The topological polar surface area (TPSA) is 97.9 Å². The van der Waals surface area contributed by atoms with Gasteiger partial charge in [-0.2, -0.15) is 10.5 Å². The second kappa shape index (κ2) is 8.37. The molecule has 2 aromatic carbocycles. The van der Waals surface area contributed by atoms with Crippen molar-refractivity contribution in [1.82, 2.24) is 5.32 Å². The lowest BCUT2D eigenvalue weighted by Gasteiger charge is -2.14. The summed E-state index contributed by atoms with van der Waals surface area (Å²) in [5, 5.41) is 22.9. The molecule has 126 valence electrons. The largest absolute Gasteiger partial charge is 0.457 e. The van der Waals surface area contributed by atoms with Crippen LogP contribution in [-0.4, -0.2) is 12.1 Å². The van der Waals surface area contributed by atoms with Crippen molar-refractivity contribution in [3.63, 3.8) is 0 Å². The molecule has 0 aliphatic heterocycles. The van der Waals surface area contributed by atoms with Crippen molar-refractivity contribution >= 4 is 11.7 Å². The van der Waals surface area contributed by atoms with Crippen LogP contribution in [-0.2, 0) is 0 Å². The minimum absolute atomic E-state index is 0.218. The number of carbonyl (C=O) groups excluding carboxylic acids is 1. The highest BCUT2D eigenvalue weighted by Gasteiger charge is 2.09. The van der Waals surface area contributed by atoms with Crippen LogP contribution in [0.1, 0.15) is 24.5 Å². The number of benzene rings is 2. The fraction of sp³-hybridized carbons (Fsp3) is 0.211. The Morgan fingerprint density at radius 3 is 2.44 bits per heavy atom. The van der Waals surface area contributed by atoms with Crippen LogP contribution < -0.4 is 15.4 Å². The molecule has 2 rings (SSSR count). The molecule has 0 spiro atoms. The summed E-state index contributed by atoms with van der Waals surface area (Å²) in [4.78, 5) is 11.9. The van der Waals surface area contributed by atoms with Gasteiger partial charge < -0.3 is 15.4 Å². The Labute approximate surface area is 146 Å². The maximum atomic E-state index is 11.9. The number of nitriles is 2. The molecule has 0 radical (unpaired) electrons. The molecule has 6 heteroatoms. The van der Waals surface area contributed by atoms with Crippen molar-refractivity contribution in [3.05, 3.63) is 53.6 Å². The zero-order valence-electron chi connectivity index (χ0n) is 14.0. The summed E-state index contributed by atoms with van der Waals surface area (Å²) in [6.07, 6.45) is 0.254. The molecular formula is C19H18N4O2. The summed E-state index contributed by atoms with van der Waals surface area (Å²) in [5.41, 5.74) is 2.07. The highest BCUT2D eigenvalue weighted by atomic mass is 16.5. The Balaban J connectivity index is 2.01. The van der Waals surface area contributed by atoms with Gasteiger partial charge >= 0.3 is 6.03 Å². The van der Waals surface area contributed by atoms with E-state index in [1.165, 1.54) is 0 Å². The first-order valence-electron chi connectivity index (χ1n) is 7.75. The second-order valence-corrected chi connectivity index (χ2v) is 5.58. The highest BCUT2D eigenvalue weighted by Crippen LogP contribution is 2.26. The van der Waals surface area contributed by atoms with E-state index in [1.807, 2.05) is 19.1 Å². The number of carbonyl (C=O) groups is 1. The van der Waals surface area contributed by atoms with Crippen molar-refractivity contribution < 1.29 is 9.53 Å². The molecule has 2 N–H and O–H groups in total. The van der Waals surface area contributed by atoms with E-state index in [-0.39, 0.29) is 18.5 Å². The lowest BCUT2D eigenvalue weighted by molar-refractivity contribution is 0.249. The number of rotatable bonds is 5. The number of amides is 2. The van der Waals surface area contributed by atoms with Gasteiger partial charge in [-0.25, -0.2) is 4.79 Å². The molecule has 2 aromatic rings. The summed E-state index contributed by atoms with van der Waals surface area (Å²) in [5.74, 6) is 1.26. The molecule has 0 unspecified atom stereocenters. The fourth-order valence-electron chi connectivity index (χ4n) is 2.14. The minimum Gasteiger partial charge on any atom is -0.457 e. The van der Waals surface area contributed by atoms with Crippen LogP contribution in [0.5, 0.6) is 11.5 Å². The van der Waals surface area contributed by atoms with Crippen molar-refractivity contribution in [2.75, 3.05) is 5.32 Å². The molecule has 0 saturated carbocycles. The number of aryl methyl sites for hydroxylation is 1. The molecule has 0 heterocycles. The Hall–Kier alpha value is -3.51. The number of nitrogens with zero attached hydrogens (tertiary/aromatic N) is 2. The summed E-state index contributed by atoms with van der Waals surface area (Å²) < 4.78 is 5.74. The highest BCUT2D eigenvalue weighted by molar-refractivity contribution is 5.90. The van der Waals surface area contributed by atoms with E-state index in [4.69, 9.17) is 15.3 Å². The van der Waals surface area contributed by atoms with Gasteiger partial charge in [0.05, 0.1) is 24.1 Å². The predicted octanol–water partition coefficient (Wildman–Crippen LogP) is 4.08. The predicted molar refractivity (Wildman–Crippen MR) is 94.3 cm³/mol. The molecule has 6 nitrogen and oxygen atoms in total. The Morgan fingerprint density at radius 1 is 1.16 bits per heavy atom. The number of ether oxygens (including phenoxy) is 1. The van der Waals surface area contributed by atoms with Crippen molar-refractivity contribution in [3.8, 4) is 23.6 Å². The summed E-state index contributed by atoms with van der Waals surface area (Å²) >= 11 is 0. The number of hydrogen-bond acceptors (Lipinski definition) is 4. The van der Waals surface area contributed by atoms with Crippen LogP contribution >= 0.6 is 0 Å². The molecular weight excluding hydrogens is 316 g/mol. The van der Waals surface area contributed by atoms with Crippen LogP contribution in [0.25, 0.3) is 0 Å². The molecule has 0 aromatic heterocycles.